The Hall–Kier alpha value is -0.0800. The second kappa shape index (κ2) is 6.75. The minimum Gasteiger partial charge on any atom is -0.329 e. The van der Waals surface area contributed by atoms with E-state index in [9.17, 15) is 0 Å². The molecule has 0 bridgehead atoms. The van der Waals surface area contributed by atoms with Crippen LogP contribution in [-0.2, 0) is 0 Å². The first kappa shape index (κ1) is 15.0. The molecule has 17 heavy (non-hydrogen) atoms. The predicted molar refractivity (Wildman–Crippen MR) is 76.1 cm³/mol. The molecule has 2 heteroatoms. The van der Waals surface area contributed by atoms with Crippen molar-refractivity contribution in [2.24, 2.45) is 17.1 Å². The molecule has 1 aliphatic heterocycles. The van der Waals surface area contributed by atoms with Crippen molar-refractivity contribution in [1.82, 2.24) is 4.90 Å². The SMILES string of the molecule is CCCC(CN)N1CCCC(C(C)(C)C)CC1. The minimum absolute atomic E-state index is 0.471. The zero-order valence-electron chi connectivity index (χ0n) is 12.3. The van der Waals surface area contributed by atoms with Crippen LogP contribution in [0.4, 0.5) is 0 Å². The highest BCUT2D eigenvalue weighted by atomic mass is 15.2. The third kappa shape index (κ3) is 4.59. The van der Waals surface area contributed by atoms with E-state index in [1.165, 1.54) is 45.2 Å². The molecule has 2 nitrogen and oxygen atoms in total. The molecular formula is C15H32N2. The first-order valence-electron chi connectivity index (χ1n) is 7.43. The Bertz CT molecular complexity index is 207. The average Bonchev–Trinajstić information content (AvgIpc) is 2.50. The molecular weight excluding hydrogens is 208 g/mol. The summed E-state index contributed by atoms with van der Waals surface area (Å²) in [6.45, 7) is 12.8. The molecule has 1 rings (SSSR count). The summed E-state index contributed by atoms with van der Waals surface area (Å²) in [6, 6.07) is 0.624. The van der Waals surface area contributed by atoms with Crippen molar-refractivity contribution in [1.29, 1.82) is 0 Å². The summed E-state index contributed by atoms with van der Waals surface area (Å²) >= 11 is 0. The van der Waals surface area contributed by atoms with Gasteiger partial charge in [0.2, 0.25) is 0 Å². The summed E-state index contributed by atoms with van der Waals surface area (Å²) in [5.41, 5.74) is 6.39. The van der Waals surface area contributed by atoms with Crippen LogP contribution in [0.2, 0.25) is 0 Å². The van der Waals surface area contributed by atoms with Crippen LogP contribution < -0.4 is 5.73 Å². The van der Waals surface area contributed by atoms with Crippen LogP contribution in [0.25, 0.3) is 0 Å². The fourth-order valence-electron chi connectivity index (χ4n) is 3.13. The van der Waals surface area contributed by atoms with Crippen molar-refractivity contribution < 1.29 is 0 Å². The molecule has 1 aliphatic rings. The van der Waals surface area contributed by atoms with Gasteiger partial charge in [0.1, 0.15) is 0 Å². The van der Waals surface area contributed by atoms with Gasteiger partial charge in [0, 0.05) is 12.6 Å². The number of hydrogen-bond acceptors (Lipinski definition) is 2. The summed E-state index contributed by atoms with van der Waals surface area (Å²) in [5.74, 6) is 0.882. The maximum atomic E-state index is 5.92. The van der Waals surface area contributed by atoms with E-state index in [1.807, 2.05) is 0 Å². The van der Waals surface area contributed by atoms with Crippen LogP contribution in [0.1, 0.15) is 59.8 Å². The molecule has 0 aromatic heterocycles. The largest absolute Gasteiger partial charge is 0.329 e. The van der Waals surface area contributed by atoms with Gasteiger partial charge in [-0.2, -0.15) is 0 Å². The maximum Gasteiger partial charge on any atom is 0.0218 e. The lowest BCUT2D eigenvalue weighted by molar-refractivity contribution is 0.178. The lowest BCUT2D eigenvalue weighted by atomic mass is 9.77. The van der Waals surface area contributed by atoms with Crippen LogP contribution in [0.5, 0.6) is 0 Å². The molecule has 102 valence electrons. The molecule has 0 spiro atoms. The standard InChI is InChI=1S/C15H32N2/c1-5-7-14(12-16)17-10-6-8-13(9-11-17)15(2,3)4/h13-14H,5-12,16H2,1-4H3. The molecule has 0 aromatic carbocycles. The molecule has 1 heterocycles. The Morgan fingerprint density at radius 3 is 2.47 bits per heavy atom. The van der Waals surface area contributed by atoms with Gasteiger partial charge in [0.05, 0.1) is 0 Å². The number of rotatable bonds is 4. The van der Waals surface area contributed by atoms with E-state index < -0.39 is 0 Å². The predicted octanol–water partition coefficient (Wildman–Crippen LogP) is 3.26. The number of nitrogens with zero attached hydrogens (tertiary/aromatic N) is 1. The van der Waals surface area contributed by atoms with E-state index in [0.717, 1.165) is 12.5 Å². The van der Waals surface area contributed by atoms with Gasteiger partial charge >= 0.3 is 0 Å². The fraction of sp³-hybridized carbons (Fsp3) is 1.00. The Labute approximate surface area is 108 Å². The van der Waals surface area contributed by atoms with Gasteiger partial charge in [0.25, 0.3) is 0 Å². The summed E-state index contributed by atoms with van der Waals surface area (Å²) < 4.78 is 0. The molecule has 2 N–H and O–H groups in total. The molecule has 0 radical (unpaired) electrons. The lowest BCUT2D eigenvalue weighted by Gasteiger charge is -2.31. The second-order valence-electron chi connectivity index (χ2n) is 6.71. The quantitative estimate of drug-likeness (QED) is 0.817. The Kier molecular flexibility index (Phi) is 5.94. The zero-order valence-corrected chi connectivity index (χ0v) is 12.3. The summed E-state index contributed by atoms with van der Waals surface area (Å²) in [7, 11) is 0. The van der Waals surface area contributed by atoms with Gasteiger partial charge < -0.3 is 5.73 Å². The molecule has 0 aliphatic carbocycles. The lowest BCUT2D eigenvalue weighted by Crippen LogP contribution is -2.41. The molecule has 0 aromatic rings. The topological polar surface area (TPSA) is 29.3 Å². The van der Waals surface area contributed by atoms with Crippen molar-refractivity contribution in [3.8, 4) is 0 Å². The van der Waals surface area contributed by atoms with Gasteiger partial charge in [0.15, 0.2) is 0 Å². The number of nitrogens with two attached hydrogens (primary N) is 1. The molecule has 0 amide bonds. The Morgan fingerprint density at radius 2 is 1.94 bits per heavy atom. The summed E-state index contributed by atoms with van der Waals surface area (Å²) in [6.07, 6.45) is 6.60. The monoisotopic (exact) mass is 240 g/mol. The number of hydrogen-bond donors (Lipinski definition) is 1. The van der Waals surface area contributed by atoms with E-state index in [0.29, 0.717) is 11.5 Å². The summed E-state index contributed by atoms with van der Waals surface area (Å²) in [4.78, 5) is 2.65. The molecule has 1 saturated heterocycles. The van der Waals surface area contributed by atoms with Crippen molar-refractivity contribution in [2.75, 3.05) is 19.6 Å². The second-order valence-corrected chi connectivity index (χ2v) is 6.71. The van der Waals surface area contributed by atoms with Crippen molar-refractivity contribution in [2.45, 2.75) is 65.8 Å². The first-order chi connectivity index (χ1) is 7.99. The van der Waals surface area contributed by atoms with Crippen molar-refractivity contribution >= 4 is 0 Å². The van der Waals surface area contributed by atoms with Gasteiger partial charge in [-0.25, -0.2) is 0 Å². The zero-order chi connectivity index (χ0) is 12.9. The summed E-state index contributed by atoms with van der Waals surface area (Å²) in [5, 5.41) is 0. The van der Waals surface area contributed by atoms with Crippen LogP contribution in [0.3, 0.4) is 0 Å². The Balaban J connectivity index is 2.52. The van der Waals surface area contributed by atoms with Crippen LogP contribution in [-0.4, -0.2) is 30.6 Å². The third-order valence-corrected chi connectivity index (χ3v) is 4.40. The minimum atomic E-state index is 0.471. The van der Waals surface area contributed by atoms with Crippen molar-refractivity contribution in [3.63, 3.8) is 0 Å². The maximum absolute atomic E-state index is 5.92. The Morgan fingerprint density at radius 1 is 1.24 bits per heavy atom. The van der Waals surface area contributed by atoms with Crippen LogP contribution in [0.15, 0.2) is 0 Å². The highest BCUT2D eigenvalue weighted by Crippen LogP contribution is 2.34. The van der Waals surface area contributed by atoms with E-state index in [-0.39, 0.29) is 0 Å². The van der Waals surface area contributed by atoms with Crippen molar-refractivity contribution in [3.05, 3.63) is 0 Å². The molecule has 1 fully saturated rings. The highest BCUT2D eigenvalue weighted by Gasteiger charge is 2.28. The van der Waals surface area contributed by atoms with Gasteiger partial charge in [-0.05, 0) is 50.1 Å². The number of likely N-dealkylation sites (tertiary alicyclic amines) is 1. The third-order valence-electron chi connectivity index (χ3n) is 4.40. The van der Waals surface area contributed by atoms with Crippen LogP contribution >= 0.6 is 0 Å². The molecule has 2 atom stereocenters. The van der Waals surface area contributed by atoms with E-state index >= 15 is 0 Å². The fourth-order valence-corrected chi connectivity index (χ4v) is 3.13. The smallest absolute Gasteiger partial charge is 0.0218 e. The van der Waals surface area contributed by atoms with Gasteiger partial charge in [-0.3, -0.25) is 4.90 Å². The molecule has 2 unspecified atom stereocenters. The van der Waals surface area contributed by atoms with Gasteiger partial charge in [-0.1, -0.05) is 34.1 Å². The molecule has 0 saturated carbocycles. The average molecular weight is 240 g/mol. The highest BCUT2D eigenvalue weighted by molar-refractivity contribution is 4.81. The van der Waals surface area contributed by atoms with E-state index in [2.05, 4.69) is 32.6 Å². The normalized spacial score (nSPS) is 25.6. The van der Waals surface area contributed by atoms with E-state index in [1.54, 1.807) is 0 Å². The first-order valence-corrected chi connectivity index (χ1v) is 7.43. The van der Waals surface area contributed by atoms with E-state index in [4.69, 9.17) is 5.73 Å². The van der Waals surface area contributed by atoms with Crippen LogP contribution in [0, 0.1) is 11.3 Å². The van der Waals surface area contributed by atoms with Gasteiger partial charge in [-0.15, -0.1) is 0 Å².